The molecular formula is C16H24N2O3S. The van der Waals surface area contributed by atoms with Crippen molar-refractivity contribution in [3.63, 3.8) is 0 Å². The first-order valence-electron chi connectivity index (χ1n) is 7.60. The number of thiazole rings is 1. The Balaban J connectivity index is 2.21. The molecule has 0 aliphatic carbocycles. The summed E-state index contributed by atoms with van der Waals surface area (Å²) in [6.45, 7) is 11.7. The van der Waals surface area contributed by atoms with E-state index in [1.165, 1.54) is 11.3 Å². The lowest BCUT2D eigenvalue weighted by Crippen LogP contribution is -2.53. The molecule has 0 N–H and O–H groups in total. The van der Waals surface area contributed by atoms with E-state index in [1.807, 2.05) is 32.6 Å². The van der Waals surface area contributed by atoms with Crippen LogP contribution in [0.5, 0.6) is 0 Å². The molecule has 1 amide bonds. The van der Waals surface area contributed by atoms with Crippen LogP contribution in [0.3, 0.4) is 0 Å². The van der Waals surface area contributed by atoms with Crippen LogP contribution in [0.25, 0.3) is 0 Å². The molecule has 2 heterocycles. The van der Waals surface area contributed by atoms with Gasteiger partial charge in [-0.15, -0.1) is 11.3 Å². The third-order valence-corrected chi connectivity index (χ3v) is 4.46. The first kappa shape index (κ1) is 16.9. The Morgan fingerprint density at radius 2 is 2.09 bits per heavy atom. The molecule has 2 atom stereocenters. The molecule has 1 saturated heterocycles. The number of amides is 1. The summed E-state index contributed by atoms with van der Waals surface area (Å²) in [6, 6.07) is 0.159. The lowest BCUT2D eigenvalue weighted by atomic mass is 9.94. The van der Waals surface area contributed by atoms with Crippen molar-refractivity contribution in [2.24, 2.45) is 5.92 Å². The molecule has 0 radical (unpaired) electrons. The van der Waals surface area contributed by atoms with Crippen LogP contribution < -0.4 is 0 Å². The topological polar surface area (TPSA) is 59.5 Å². The average Bonchev–Trinajstić information content (AvgIpc) is 2.82. The van der Waals surface area contributed by atoms with Gasteiger partial charge in [0.05, 0.1) is 6.04 Å². The van der Waals surface area contributed by atoms with Crippen molar-refractivity contribution in [3.05, 3.63) is 16.1 Å². The van der Waals surface area contributed by atoms with Crippen molar-refractivity contribution in [2.75, 3.05) is 0 Å². The second-order valence-electron chi connectivity index (χ2n) is 7.12. The van der Waals surface area contributed by atoms with Crippen LogP contribution in [-0.4, -0.2) is 33.4 Å². The molecule has 5 nitrogen and oxygen atoms in total. The smallest absolute Gasteiger partial charge is 0.358 e. The SMILES string of the molecule is CC(C)C(c1nc(C(=O)OC(C)(C)C)cs1)N1C(=O)CC1C. The molecule has 2 rings (SSSR count). The van der Waals surface area contributed by atoms with E-state index in [4.69, 9.17) is 4.74 Å². The maximum absolute atomic E-state index is 12.1. The Morgan fingerprint density at radius 3 is 2.55 bits per heavy atom. The van der Waals surface area contributed by atoms with Crippen molar-refractivity contribution in [1.82, 2.24) is 9.88 Å². The second kappa shape index (κ2) is 5.99. The zero-order valence-corrected chi connectivity index (χ0v) is 14.9. The van der Waals surface area contributed by atoms with Gasteiger partial charge in [0.15, 0.2) is 5.69 Å². The molecule has 2 unspecified atom stereocenters. The van der Waals surface area contributed by atoms with E-state index in [1.54, 1.807) is 5.38 Å². The van der Waals surface area contributed by atoms with E-state index in [0.29, 0.717) is 12.1 Å². The van der Waals surface area contributed by atoms with Gasteiger partial charge in [-0.25, -0.2) is 9.78 Å². The number of aromatic nitrogens is 1. The number of ether oxygens (including phenoxy) is 1. The molecule has 1 aromatic rings. The minimum absolute atomic E-state index is 0.0718. The van der Waals surface area contributed by atoms with E-state index in [9.17, 15) is 9.59 Å². The lowest BCUT2D eigenvalue weighted by molar-refractivity contribution is -0.150. The molecular weight excluding hydrogens is 300 g/mol. The number of rotatable bonds is 4. The molecule has 0 spiro atoms. The molecule has 0 saturated carbocycles. The number of carbonyl (C=O) groups is 2. The Labute approximate surface area is 135 Å². The molecule has 0 bridgehead atoms. The van der Waals surface area contributed by atoms with Crippen molar-refractivity contribution >= 4 is 23.2 Å². The van der Waals surface area contributed by atoms with Gasteiger partial charge < -0.3 is 9.64 Å². The highest BCUT2D eigenvalue weighted by atomic mass is 32.1. The summed E-state index contributed by atoms with van der Waals surface area (Å²) in [4.78, 5) is 30.3. The average molecular weight is 324 g/mol. The van der Waals surface area contributed by atoms with Crippen LogP contribution >= 0.6 is 11.3 Å². The van der Waals surface area contributed by atoms with Gasteiger partial charge >= 0.3 is 5.97 Å². The maximum Gasteiger partial charge on any atom is 0.358 e. The number of nitrogens with zero attached hydrogens (tertiary/aromatic N) is 2. The number of carbonyl (C=O) groups excluding carboxylic acids is 2. The Hall–Kier alpha value is -1.43. The van der Waals surface area contributed by atoms with Gasteiger partial charge in [-0.05, 0) is 33.6 Å². The summed E-state index contributed by atoms with van der Waals surface area (Å²) in [7, 11) is 0. The summed E-state index contributed by atoms with van der Waals surface area (Å²) in [5, 5.41) is 2.52. The van der Waals surface area contributed by atoms with E-state index >= 15 is 0 Å². The van der Waals surface area contributed by atoms with Crippen molar-refractivity contribution in [3.8, 4) is 0 Å². The van der Waals surface area contributed by atoms with E-state index in [0.717, 1.165) is 5.01 Å². The summed E-state index contributed by atoms with van der Waals surface area (Å²) < 4.78 is 5.35. The fraction of sp³-hybridized carbons (Fsp3) is 0.688. The van der Waals surface area contributed by atoms with E-state index in [-0.39, 0.29) is 23.9 Å². The quantitative estimate of drug-likeness (QED) is 0.629. The first-order valence-corrected chi connectivity index (χ1v) is 8.48. The number of β-lactam (4-membered cyclic amide) rings is 1. The molecule has 1 aliphatic rings. The minimum atomic E-state index is -0.541. The van der Waals surface area contributed by atoms with Gasteiger partial charge in [-0.2, -0.15) is 0 Å². The minimum Gasteiger partial charge on any atom is -0.455 e. The Kier molecular flexibility index (Phi) is 4.61. The molecule has 122 valence electrons. The number of hydrogen-bond acceptors (Lipinski definition) is 5. The summed E-state index contributed by atoms with van der Waals surface area (Å²) >= 11 is 1.42. The number of hydrogen-bond donors (Lipinski definition) is 0. The van der Waals surface area contributed by atoms with Crippen LogP contribution in [0.2, 0.25) is 0 Å². The van der Waals surface area contributed by atoms with E-state index in [2.05, 4.69) is 18.8 Å². The second-order valence-corrected chi connectivity index (χ2v) is 8.01. The largest absolute Gasteiger partial charge is 0.455 e. The summed E-state index contributed by atoms with van der Waals surface area (Å²) in [5.74, 6) is -0.0231. The molecule has 6 heteroatoms. The normalized spacial score (nSPS) is 20.0. The van der Waals surface area contributed by atoms with Crippen molar-refractivity contribution < 1.29 is 14.3 Å². The van der Waals surface area contributed by atoms with Crippen LogP contribution in [0, 0.1) is 5.92 Å². The fourth-order valence-corrected chi connectivity index (χ4v) is 3.65. The molecule has 22 heavy (non-hydrogen) atoms. The molecule has 1 aliphatic heterocycles. The predicted octanol–water partition coefficient (Wildman–Crippen LogP) is 3.42. The van der Waals surface area contributed by atoms with Crippen LogP contribution in [0.1, 0.15) is 69.5 Å². The van der Waals surface area contributed by atoms with Gasteiger partial charge in [-0.1, -0.05) is 13.8 Å². The van der Waals surface area contributed by atoms with Gasteiger partial charge in [-0.3, -0.25) is 4.79 Å². The fourth-order valence-electron chi connectivity index (χ4n) is 2.59. The van der Waals surface area contributed by atoms with Gasteiger partial charge in [0, 0.05) is 17.8 Å². The first-order chi connectivity index (χ1) is 10.1. The zero-order valence-electron chi connectivity index (χ0n) is 14.0. The van der Waals surface area contributed by atoms with Crippen LogP contribution in [0.4, 0.5) is 0 Å². The third-order valence-electron chi connectivity index (χ3n) is 3.55. The molecule has 1 fully saturated rings. The van der Waals surface area contributed by atoms with Crippen LogP contribution in [0.15, 0.2) is 5.38 Å². The third kappa shape index (κ3) is 3.48. The van der Waals surface area contributed by atoms with Crippen molar-refractivity contribution in [2.45, 2.75) is 65.6 Å². The predicted molar refractivity (Wildman–Crippen MR) is 85.8 cm³/mol. The highest BCUT2D eigenvalue weighted by Gasteiger charge is 2.41. The van der Waals surface area contributed by atoms with Crippen LogP contribution in [-0.2, 0) is 9.53 Å². The zero-order chi connectivity index (χ0) is 16.7. The van der Waals surface area contributed by atoms with Gasteiger partial charge in [0.1, 0.15) is 10.6 Å². The standard InChI is InChI=1S/C16H24N2O3S/c1-9(2)13(18-10(3)7-12(18)19)14-17-11(8-22-14)15(20)21-16(4,5)6/h8-10,13H,7H2,1-6H3. The Morgan fingerprint density at radius 1 is 1.45 bits per heavy atom. The van der Waals surface area contributed by atoms with Crippen molar-refractivity contribution in [1.29, 1.82) is 0 Å². The highest BCUT2D eigenvalue weighted by Crippen LogP contribution is 2.37. The molecule has 1 aromatic heterocycles. The Bertz CT molecular complexity index is 574. The summed E-state index contributed by atoms with van der Waals surface area (Å²) in [6.07, 6.45) is 0.591. The van der Waals surface area contributed by atoms with Gasteiger partial charge in [0.2, 0.25) is 5.91 Å². The molecule has 0 aromatic carbocycles. The number of likely N-dealkylation sites (tertiary alicyclic amines) is 1. The van der Waals surface area contributed by atoms with Gasteiger partial charge in [0.25, 0.3) is 0 Å². The lowest BCUT2D eigenvalue weighted by Gasteiger charge is -2.44. The monoisotopic (exact) mass is 324 g/mol. The highest BCUT2D eigenvalue weighted by molar-refractivity contribution is 7.09. The maximum atomic E-state index is 12.1. The number of esters is 1. The summed E-state index contributed by atoms with van der Waals surface area (Å²) in [5.41, 5.74) is -0.221. The van der Waals surface area contributed by atoms with E-state index < -0.39 is 11.6 Å².